The molecule has 0 fully saturated rings. The highest BCUT2D eigenvalue weighted by molar-refractivity contribution is 7.39. The van der Waals surface area contributed by atoms with Crippen LogP contribution < -0.4 is 5.46 Å². The molecule has 0 atom stereocenters. The first-order valence-electron chi connectivity index (χ1n) is 4.10. The van der Waals surface area contributed by atoms with E-state index in [9.17, 15) is 26.3 Å². The highest BCUT2D eigenvalue weighted by atomic mass is 35.5. The average molecular weight is 295 g/mol. The fourth-order valence-corrected chi connectivity index (χ4v) is 1.76. The molecular formula is C8H3BCl2F6. The summed E-state index contributed by atoms with van der Waals surface area (Å²) in [6.45, 7) is 0. The van der Waals surface area contributed by atoms with Crippen LogP contribution in [-0.2, 0) is 12.4 Å². The number of hydrogen-bond acceptors (Lipinski definition) is 0. The molecule has 0 saturated carbocycles. The average Bonchev–Trinajstić information content (AvgIpc) is 2.13. The van der Waals surface area contributed by atoms with E-state index in [2.05, 4.69) is 0 Å². The molecule has 0 nitrogen and oxygen atoms in total. The summed E-state index contributed by atoms with van der Waals surface area (Å²) in [5.41, 5.74) is -6.05. The van der Waals surface area contributed by atoms with Gasteiger partial charge < -0.3 is 0 Å². The van der Waals surface area contributed by atoms with Gasteiger partial charge in [-0.15, -0.1) is 0 Å². The number of benzene rings is 1. The molecule has 0 bridgehead atoms. The van der Waals surface area contributed by atoms with Crippen LogP contribution in [0.4, 0.5) is 26.3 Å². The summed E-state index contributed by atoms with van der Waals surface area (Å²) in [7, 11) is 0. The van der Waals surface area contributed by atoms with Crippen molar-refractivity contribution in [3.8, 4) is 0 Å². The van der Waals surface area contributed by atoms with Crippen LogP contribution in [0.15, 0.2) is 18.2 Å². The lowest BCUT2D eigenvalue weighted by atomic mass is 9.83. The SMILES string of the molecule is FC(F)(F)c1cccc(C(F)(F)F)c1B(Cl)Cl. The molecule has 1 aromatic carbocycles. The Labute approximate surface area is 102 Å². The van der Waals surface area contributed by atoms with Crippen LogP contribution in [-0.4, -0.2) is 5.54 Å². The van der Waals surface area contributed by atoms with Crippen LogP contribution in [0.5, 0.6) is 0 Å². The molecule has 0 aliphatic heterocycles. The fraction of sp³-hybridized carbons (Fsp3) is 0.250. The van der Waals surface area contributed by atoms with E-state index in [4.69, 9.17) is 22.9 Å². The summed E-state index contributed by atoms with van der Waals surface area (Å²) >= 11 is 10.4. The van der Waals surface area contributed by atoms with Crippen LogP contribution in [0.2, 0.25) is 0 Å². The molecule has 0 aromatic heterocycles. The minimum atomic E-state index is -4.95. The van der Waals surface area contributed by atoms with Crippen molar-refractivity contribution in [2.24, 2.45) is 0 Å². The van der Waals surface area contributed by atoms with Crippen molar-refractivity contribution >= 4 is 33.9 Å². The van der Waals surface area contributed by atoms with E-state index < -0.39 is 34.5 Å². The lowest BCUT2D eigenvalue weighted by molar-refractivity contribution is -0.141. The van der Waals surface area contributed by atoms with Gasteiger partial charge in [-0.1, -0.05) is 18.2 Å². The zero-order valence-electron chi connectivity index (χ0n) is 7.83. The Kier molecular flexibility index (Phi) is 3.93. The maximum atomic E-state index is 12.5. The summed E-state index contributed by atoms with van der Waals surface area (Å²) in [6.07, 6.45) is -9.89. The molecule has 0 aliphatic carbocycles. The Morgan fingerprint density at radius 3 is 1.41 bits per heavy atom. The molecule has 0 spiro atoms. The van der Waals surface area contributed by atoms with E-state index in [0.29, 0.717) is 18.2 Å². The van der Waals surface area contributed by atoms with Crippen molar-refractivity contribution in [1.82, 2.24) is 0 Å². The number of alkyl halides is 6. The Bertz CT molecular complexity index is 379. The third-order valence-corrected chi connectivity index (χ3v) is 2.37. The van der Waals surface area contributed by atoms with E-state index in [1.807, 2.05) is 0 Å². The van der Waals surface area contributed by atoms with Gasteiger partial charge in [0.05, 0.1) is 11.1 Å². The van der Waals surface area contributed by atoms with Gasteiger partial charge in [-0.25, -0.2) is 0 Å². The summed E-state index contributed by atoms with van der Waals surface area (Å²) in [6, 6.07) is 1.66. The second-order valence-electron chi connectivity index (χ2n) is 3.06. The first kappa shape index (κ1) is 14.5. The van der Waals surface area contributed by atoms with E-state index in [1.54, 1.807) is 0 Å². The van der Waals surface area contributed by atoms with Crippen molar-refractivity contribution in [3.63, 3.8) is 0 Å². The molecule has 0 saturated heterocycles. The molecule has 1 rings (SSSR count). The Morgan fingerprint density at radius 2 is 1.18 bits per heavy atom. The van der Waals surface area contributed by atoms with Gasteiger partial charge in [0, 0.05) is 0 Å². The smallest absolute Gasteiger partial charge is 0.166 e. The Morgan fingerprint density at radius 1 is 0.824 bits per heavy atom. The Hall–Kier alpha value is -0.555. The van der Waals surface area contributed by atoms with Crippen molar-refractivity contribution < 1.29 is 26.3 Å². The largest absolute Gasteiger partial charge is 0.416 e. The molecule has 0 amide bonds. The third-order valence-electron chi connectivity index (χ3n) is 1.94. The van der Waals surface area contributed by atoms with E-state index in [1.165, 1.54) is 0 Å². The first-order chi connectivity index (χ1) is 7.55. The van der Waals surface area contributed by atoms with Gasteiger partial charge >= 0.3 is 17.9 Å². The lowest BCUT2D eigenvalue weighted by Crippen LogP contribution is -2.34. The molecular weight excluding hydrogens is 292 g/mol. The van der Waals surface area contributed by atoms with Gasteiger partial charge in [-0.2, -0.15) is 49.3 Å². The van der Waals surface area contributed by atoms with Crippen molar-refractivity contribution in [1.29, 1.82) is 0 Å². The quantitative estimate of drug-likeness (QED) is 0.544. The van der Waals surface area contributed by atoms with Crippen molar-refractivity contribution in [2.45, 2.75) is 12.4 Å². The molecule has 0 aliphatic rings. The normalized spacial score (nSPS) is 12.7. The van der Waals surface area contributed by atoms with Gasteiger partial charge in [0.1, 0.15) is 0 Å². The third kappa shape index (κ3) is 3.22. The fourth-order valence-electron chi connectivity index (χ4n) is 1.29. The van der Waals surface area contributed by atoms with Gasteiger partial charge in [0.2, 0.25) is 0 Å². The minimum Gasteiger partial charge on any atom is -0.166 e. The molecule has 0 N–H and O–H groups in total. The predicted molar refractivity (Wildman–Crippen MR) is 53.5 cm³/mol. The maximum absolute atomic E-state index is 12.5. The molecule has 0 heterocycles. The molecule has 94 valence electrons. The van der Waals surface area contributed by atoms with Gasteiger partial charge in [-0.05, 0) is 5.46 Å². The zero-order chi connectivity index (χ0) is 13.4. The van der Waals surface area contributed by atoms with E-state index >= 15 is 0 Å². The summed E-state index contributed by atoms with van der Waals surface area (Å²) < 4.78 is 75.0. The second kappa shape index (κ2) is 4.61. The van der Waals surface area contributed by atoms with E-state index in [-0.39, 0.29) is 0 Å². The van der Waals surface area contributed by atoms with Crippen LogP contribution >= 0.6 is 22.9 Å². The van der Waals surface area contributed by atoms with Crippen LogP contribution in [0.25, 0.3) is 0 Å². The highest BCUT2D eigenvalue weighted by Gasteiger charge is 2.42. The topological polar surface area (TPSA) is 0 Å². The first-order valence-corrected chi connectivity index (χ1v) is 4.98. The zero-order valence-corrected chi connectivity index (χ0v) is 9.34. The van der Waals surface area contributed by atoms with Gasteiger partial charge in [0.15, 0.2) is 0 Å². The molecule has 1 aromatic rings. The highest BCUT2D eigenvalue weighted by Crippen LogP contribution is 2.34. The van der Waals surface area contributed by atoms with Crippen LogP contribution in [0.1, 0.15) is 11.1 Å². The molecule has 9 heteroatoms. The minimum absolute atomic E-state index is 0.502. The molecule has 0 unspecified atom stereocenters. The molecule has 17 heavy (non-hydrogen) atoms. The number of hydrogen-bond donors (Lipinski definition) is 0. The Balaban J connectivity index is 3.55. The molecule has 0 radical (unpaired) electrons. The van der Waals surface area contributed by atoms with Crippen molar-refractivity contribution in [2.75, 3.05) is 0 Å². The monoisotopic (exact) mass is 294 g/mol. The van der Waals surface area contributed by atoms with E-state index in [0.717, 1.165) is 0 Å². The summed E-state index contributed by atoms with van der Waals surface area (Å²) in [5.74, 6) is 0. The second-order valence-corrected chi connectivity index (χ2v) is 4.16. The van der Waals surface area contributed by atoms with Gasteiger partial charge in [0.25, 0.3) is 0 Å². The summed E-state index contributed by atoms with van der Waals surface area (Å²) in [4.78, 5) is 0. The van der Waals surface area contributed by atoms with Crippen LogP contribution in [0, 0.1) is 0 Å². The lowest BCUT2D eigenvalue weighted by Gasteiger charge is -2.18. The van der Waals surface area contributed by atoms with Gasteiger partial charge in [-0.3, -0.25) is 0 Å². The number of halogens is 8. The standard InChI is InChI=1S/C8H3BCl2F6/c10-9(11)6-4(7(12,13)14)2-1-3-5(6)8(15,16)17/h1-3H. The summed E-state index contributed by atoms with van der Waals surface area (Å²) in [5, 5.41) is 0. The maximum Gasteiger partial charge on any atom is 0.416 e. The number of rotatable bonds is 1. The van der Waals surface area contributed by atoms with Crippen molar-refractivity contribution in [3.05, 3.63) is 29.3 Å². The van der Waals surface area contributed by atoms with Crippen LogP contribution in [0.3, 0.4) is 0 Å². The predicted octanol–water partition coefficient (Wildman–Crippen LogP) is 3.90.